The first kappa shape index (κ1) is 11.8. The van der Waals surface area contributed by atoms with Crippen LogP contribution in [-0.4, -0.2) is 30.2 Å². The quantitative estimate of drug-likeness (QED) is 0.324. The van der Waals surface area contributed by atoms with Gasteiger partial charge >= 0.3 is 5.97 Å². The minimum Gasteiger partial charge on any atom is -0.459 e. The molecule has 1 rings (SSSR count). The van der Waals surface area contributed by atoms with Crippen LogP contribution in [0.5, 0.6) is 0 Å². The SMILES string of the molecule is CC(C)(C)OC(=O)[C@@H]1C[C@@H](N=[N+]=[N-])CN1. The maximum Gasteiger partial charge on any atom is 0.323 e. The van der Waals surface area contributed by atoms with Gasteiger partial charge in [0.05, 0.1) is 6.04 Å². The Balaban J connectivity index is 2.47. The van der Waals surface area contributed by atoms with Crippen molar-refractivity contribution in [3.8, 4) is 0 Å². The molecule has 1 aliphatic rings. The van der Waals surface area contributed by atoms with Gasteiger partial charge in [-0.05, 0) is 32.7 Å². The van der Waals surface area contributed by atoms with Crippen molar-refractivity contribution in [2.45, 2.75) is 44.9 Å². The van der Waals surface area contributed by atoms with Crippen LogP contribution in [0, 0.1) is 0 Å². The van der Waals surface area contributed by atoms with Crippen LogP contribution in [0.1, 0.15) is 27.2 Å². The zero-order valence-corrected chi connectivity index (χ0v) is 9.23. The fourth-order valence-electron chi connectivity index (χ4n) is 1.43. The Kier molecular flexibility index (Phi) is 3.55. The lowest BCUT2D eigenvalue weighted by molar-refractivity contribution is -0.157. The third kappa shape index (κ3) is 3.77. The number of hydrogen-bond acceptors (Lipinski definition) is 4. The second-order valence-corrected chi connectivity index (χ2v) is 4.59. The normalized spacial score (nSPS) is 25.8. The molecule has 0 saturated carbocycles. The fourth-order valence-corrected chi connectivity index (χ4v) is 1.43. The molecule has 0 aromatic rings. The van der Waals surface area contributed by atoms with Crippen LogP contribution in [0.4, 0.5) is 0 Å². The van der Waals surface area contributed by atoms with Crippen molar-refractivity contribution < 1.29 is 9.53 Å². The summed E-state index contributed by atoms with van der Waals surface area (Å²) in [4.78, 5) is 14.3. The van der Waals surface area contributed by atoms with Gasteiger partial charge < -0.3 is 10.1 Å². The molecule has 0 bridgehead atoms. The van der Waals surface area contributed by atoms with E-state index in [4.69, 9.17) is 10.3 Å². The van der Waals surface area contributed by atoms with E-state index in [1.54, 1.807) is 0 Å². The van der Waals surface area contributed by atoms with E-state index in [2.05, 4.69) is 15.3 Å². The maximum absolute atomic E-state index is 11.6. The summed E-state index contributed by atoms with van der Waals surface area (Å²) in [5.41, 5.74) is 7.78. The summed E-state index contributed by atoms with van der Waals surface area (Å²) in [6.45, 7) is 6.01. The molecule has 1 heterocycles. The van der Waals surface area contributed by atoms with Gasteiger partial charge in [0, 0.05) is 11.5 Å². The van der Waals surface area contributed by atoms with E-state index in [1.165, 1.54) is 0 Å². The monoisotopic (exact) mass is 212 g/mol. The predicted octanol–water partition coefficient (Wildman–Crippen LogP) is 1.37. The molecule has 0 aliphatic carbocycles. The Morgan fingerprint density at radius 1 is 1.60 bits per heavy atom. The number of carbonyl (C=O) groups excluding carboxylic acids is 1. The van der Waals surface area contributed by atoms with Crippen molar-refractivity contribution in [3.63, 3.8) is 0 Å². The molecule has 0 aromatic carbocycles. The van der Waals surface area contributed by atoms with E-state index in [0.29, 0.717) is 13.0 Å². The zero-order chi connectivity index (χ0) is 11.5. The highest BCUT2D eigenvalue weighted by molar-refractivity contribution is 5.76. The highest BCUT2D eigenvalue weighted by atomic mass is 16.6. The van der Waals surface area contributed by atoms with Gasteiger partial charge in [0.2, 0.25) is 0 Å². The Morgan fingerprint density at radius 3 is 2.80 bits per heavy atom. The summed E-state index contributed by atoms with van der Waals surface area (Å²) < 4.78 is 5.21. The van der Waals surface area contributed by atoms with Crippen molar-refractivity contribution in [3.05, 3.63) is 10.4 Å². The predicted molar refractivity (Wildman–Crippen MR) is 55.2 cm³/mol. The molecule has 6 nitrogen and oxygen atoms in total. The first-order chi connectivity index (χ1) is 6.92. The van der Waals surface area contributed by atoms with Gasteiger partial charge in [-0.25, -0.2) is 0 Å². The van der Waals surface area contributed by atoms with Crippen LogP contribution in [0.15, 0.2) is 5.11 Å². The minimum absolute atomic E-state index is 0.146. The Hall–Kier alpha value is -1.26. The standard InChI is InChI=1S/C9H16N4O2/c1-9(2,3)15-8(14)7-4-6(5-11-7)12-13-10/h6-7,11H,4-5H2,1-3H3/t6-,7+/m1/s1. The number of hydrogen-bond donors (Lipinski definition) is 1. The van der Waals surface area contributed by atoms with E-state index in [0.717, 1.165) is 0 Å². The van der Waals surface area contributed by atoms with Gasteiger partial charge in [-0.1, -0.05) is 5.11 Å². The van der Waals surface area contributed by atoms with E-state index in [-0.39, 0.29) is 18.1 Å². The van der Waals surface area contributed by atoms with Gasteiger partial charge in [0.25, 0.3) is 0 Å². The van der Waals surface area contributed by atoms with Crippen LogP contribution < -0.4 is 5.32 Å². The molecule has 84 valence electrons. The average molecular weight is 212 g/mol. The van der Waals surface area contributed by atoms with Crippen LogP contribution >= 0.6 is 0 Å². The lowest BCUT2D eigenvalue weighted by Crippen LogP contribution is -2.37. The number of azide groups is 1. The summed E-state index contributed by atoms with van der Waals surface area (Å²) >= 11 is 0. The zero-order valence-electron chi connectivity index (χ0n) is 9.23. The lowest BCUT2D eigenvalue weighted by Gasteiger charge is -2.21. The first-order valence-corrected chi connectivity index (χ1v) is 4.93. The molecule has 1 fully saturated rings. The molecule has 0 spiro atoms. The van der Waals surface area contributed by atoms with Crippen LogP contribution in [0.25, 0.3) is 10.4 Å². The first-order valence-electron chi connectivity index (χ1n) is 4.93. The molecule has 1 N–H and O–H groups in total. The largest absolute Gasteiger partial charge is 0.459 e. The van der Waals surface area contributed by atoms with Gasteiger partial charge in [0.15, 0.2) is 0 Å². The molecule has 15 heavy (non-hydrogen) atoms. The third-order valence-corrected chi connectivity index (χ3v) is 2.01. The summed E-state index contributed by atoms with van der Waals surface area (Å²) in [6.07, 6.45) is 0.513. The number of nitrogens with one attached hydrogen (secondary N) is 1. The molecule has 1 aliphatic heterocycles. The van der Waals surface area contributed by atoms with Crippen molar-refractivity contribution in [1.29, 1.82) is 0 Å². The Bertz CT molecular complexity index is 291. The summed E-state index contributed by atoms with van der Waals surface area (Å²) in [7, 11) is 0. The molecule has 1 saturated heterocycles. The molecular weight excluding hydrogens is 196 g/mol. The van der Waals surface area contributed by atoms with Crippen LogP contribution in [0.3, 0.4) is 0 Å². The van der Waals surface area contributed by atoms with Gasteiger partial charge in [0.1, 0.15) is 11.6 Å². The number of rotatable bonds is 2. The molecule has 0 unspecified atom stereocenters. The van der Waals surface area contributed by atoms with Gasteiger partial charge in [-0.2, -0.15) is 0 Å². The van der Waals surface area contributed by atoms with E-state index < -0.39 is 5.60 Å². The van der Waals surface area contributed by atoms with E-state index in [1.807, 2.05) is 20.8 Å². The summed E-state index contributed by atoms with van der Waals surface area (Å²) in [6, 6.07) is -0.493. The number of nitrogens with zero attached hydrogens (tertiary/aromatic N) is 3. The summed E-state index contributed by atoms with van der Waals surface area (Å²) in [5, 5.41) is 6.54. The van der Waals surface area contributed by atoms with Crippen molar-refractivity contribution in [2.24, 2.45) is 5.11 Å². The topological polar surface area (TPSA) is 87.1 Å². The number of ether oxygens (including phenoxy) is 1. The highest BCUT2D eigenvalue weighted by Crippen LogP contribution is 2.15. The van der Waals surface area contributed by atoms with Crippen LogP contribution in [-0.2, 0) is 9.53 Å². The van der Waals surface area contributed by atoms with E-state index >= 15 is 0 Å². The second-order valence-electron chi connectivity index (χ2n) is 4.59. The Labute approximate surface area is 88.6 Å². The number of carbonyl (C=O) groups is 1. The third-order valence-electron chi connectivity index (χ3n) is 2.01. The van der Waals surface area contributed by atoms with Crippen LogP contribution in [0.2, 0.25) is 0 Å². The number of esters is 1. The lowest BCUT2D eigenvalue weighted by atomic mass is 10.1. The smallest absolute Gasteiger partial charge is 0.323 e. The Morgan fingerprint density at radius 2 is 2.27 bits per heavy atom. The second kappa shape index (κ2) is 4.51. The van der Waals surface area contributed by atoms with Gasteiger partial charge in [-0.15, -0.1) is 0 Å². The molecular formula is C9H16N4O2. The van der Waals surface area contributed by atoms with Crippen molar-refractivity contribution in [1.82, 2.24) is 5.32 Å². The summed E-state index contributed by atoms with van der Waals surface area (Å²) in [5.74, 6) is -0.280. The minimum atomic E-state index is -0.477. The maximum atomic E-state index is 11.6. The molecule has 0 radical (unpaired) electrons. The average Bonchev–Trinajstić information content (AvgIpc) is 2.50. The molecule has 2 atom stereocenters. The van der Waals surface area contributed by atoms with E-state index in [9.17, 15) is 4.79 Å². The molecule has 0 amide bonds. The molecule has 0 aromatic heterocycles. The fraction of sp³-hybridized carbons (Fsp3) is 0.889. The van der Waals surface area contributed by atoms with Crippen molar-refractivity contribution in [2.75, 3.05) is 6.54 Å². The van der Waals surface area contributed by atoms with Crippen molar-refractivity contribution >= 4 is 5.97 Å². The van der Waals surface area contributed by atoms with Gasteiger partial charge in [-0.3, -0.25) is 4.79 Å². The molecule has 6 heteroatoms. The highest BCUT2D eigenvalue weighted by Gasteiger charge is 2.31.